The first-order valence-electron chi connectivity index (χ1n) is 7.34. The summed E-state index contributed by atoms with van der Waals surface area (Å²) in [5.41, 5.74) is 0.399. The molecule has 0 aliphatic carbocycles. The summed E-state index contributed by atoms with van der Waals surface area (Å²) >= 11 is 0. The fraction of sp³-hybridized carbons (Fsp3) is 0.643. The maximum Gasteiger partial charge on any atom is 0.270 e. The molecule has 1 aliphatic heterocycles. The Labute approximate surface area is 126 Å². The molecular formula is C14H23N3O3S. The van der Waals surface area contributed by atoms with E-state index < -0.39 is 10.0 Å². The van der Waals surface area contributed by atoms with Crippen LogP contribution in [0.15, 0.2) is 17.2 Å². The molecule has 0 radical (unpaired) electrons. The first-order valence-corrected chi connectivity index (χ1v) is 8.89. The number of rotatable bonds is 3. The van der Waals surface area contributed by atoms with Crippen LogP contribution in [-0.4, -0.2) is 36.9 Å². The van der Waals surface area contributed by atoms with E-state index in [-0.39, 0.29) is 16.8 Å². The summed E-state index contributed by atoms with van der Waals surface area (Å²) in [6.45, 7) is 5.28. The lowest BCUT2D eigenvalue weighted by atomic mass is 10.2. The predicted octanol–water partition coefficient (Wildman–Crippen LogP) is 1.73. The van der Waals surface area contributed by atoms with Crippen molar-refractivity contribution in [2.75, 3.05) is 13.1 Å². The Morgan fingerprint density at radius 3 is 2.24 bits per heavy atom. The molecule has 118 valence electrons. The zero-order chi connectivity index (χ0) is 15.6. The van der Waals surface area contributed by atoms with Gasteiger partial charge >= 0.3 is 0 Å². The van der Waals surface area contributed by atoms with Crippen molar-refractivity contribution < 1.29 is 13.2 Å². The first kappa shape index (κ1) is 16.0. The zero-order valence-corrected chi connectivity index (χ0v) is 13.4. The first-order chi connectivity index (χ1) is 9.80. The van der Waals surface area contributed by atoms with Gasteiger partial charge in [-0.25, -0.2) is 13.6 Å². The standard InChI is InChI=1S/C14H23N3O3S/c1-11(2)17-10-12(21(15,19)20)9-13(17)14(18)16-7-5-3-4-6-8-16/h9-11H,3-8H2,1-2H3,(H2,15,19,20). The van der Waals surface area contributed by atoms with Crippen molar-refractivity contribution in [3.8, 4) is 0 Å². The minimum Gasteiger partial charge on any atom is -0.340 e. The Hall–Kier alpha value is -1.34. The van der Waals surface area contributed by atoms with E-state index in [1.165, 1.54) is 12.3 Å². The van der Waals surface area contributed by atoms with Gasteiger partial charge in [-0.3, -0.25) is 4.79 Å². The van der Waals surface area contributed by atoms with Gasteiger partial charge in [0, 0.05) is 25.3 Å². The average molecular weight is 313 g/mol. The van der Waals surface area contributed by atoms with E-state index in [4.69, 9.17) is 5.14 Å². The molecule has 1 amide bonds. The van der Waals surface area contributed by atoms with E-state index >= 15 is 0 Å². The lowest BCUT2D eigenvalue weighted by molar-refractivity contribution is 0.0749. The molecule has 0 spiro atoms. The molecule has 21 heavy (non-hydrogen) atoms. The Kier molecular flexibility index (Phi) is 4.73. The van der Waals surface area contributed by atoms with Crippen molar-refractivity contribution >= 4 is 15.9 Å². The van der Waals surface area contributed by atoms with E-state index in [0.717, 1.165) is 38.8 Å². The molecule has 2 N–H and O–H groups in total. The molecule has 7 heteroatoms. The van der Waals surface area contributed by atoms with E-state index in [1.807, 2.05) is 18.7 Å². The molecule has 1 saturated heterocycles. The van der Waals surface area contributed by atoms with Crippen LogP contribution >= 0.6 is 0 Å². The number of primary sulfonamides is 1. The van der Waals surface area contributed by atoms with Crippen molar-refractivity contribution in [1.29, 1.82) is 0 Å². The summed E-state index contributed by atoms with van der Waals surface area (Å²) in [5, 5.41) is 5.18. The highest BCUT2D eigenvalue weighted by molar-refractivity contribution is 7.89. The molecule has 0 bridgehead atoms. The molecule has 0 saturated carbocycles. The van der Waals surface area contributed by atoms with Gasteiger partial charge in [-0.1, -0.05) is 12.8 Å². The summed E-state index contributed by atoms with van der Waals surface area (Å²) in [5.74, 6) is -0.111. The fourth-order valence-corrected chi connectivity index (χ4v) is 3.18. The van der Waals surface area contributed by atoms with Crippen molar-refractivity contribution in [3.05, 3.63) is 18.0 Å². The zero-order valence-electron chi connectivity index (χ0n) is 12.6. The number of carbonyl (C=O) groups is 1. The lowest BCUT2D eigenvalue weighted by Gasteiger charge is -2.22. The van der Waals surface area contributed by atoms with Gasteiger partial charge < -0.3 is 9.47 Å². The third kappa shape index (κ3) is 3.65. The molecular weight excluding hydrogens is 290 g/mol. The maximum absolute atomic E-state index is 12.7. The molecule has 0 unspecified atom stereocenters. The number of hydrogen-bond acceptors (Lipinski definition) is 3. The highest BCUT2D eigenvalue weighted by Gasteiger charge is 2.24. The number of carbonyl (C=O) groups excluding carboxylic acids is 1. The van der Waals surface area contributed by atoms with Crippen LogP contribution in [0.25, 0.3) is 0 Å². The van der Waals surface area contributed by atoms with Gasteiger partial charge in [-0.05, 0) is 32.8 Å². The number of likely N-dealkylation sites (tertiary alicyclic amines) is 1. The Morgan fingerprint density at radius 2 is 1.76 bits per heavy atom. The molecule has 6 nitrogen and oxygen atoms in total. The maximum atomic E-state index is 12.7. The van der Waals surface area contributed by atoms with Crippen LogP contribution in [0.2, 0.25) is 0 Å². The van der Waals surface area contributed by atoms with Crippen molar-refractivity contribution in [2.45, 2.75) is 50.5 Å². The largest absolute Gasteiger partial charge is 0.340 e. The minimum absolute atomic E-state index is 0.00521. The molecule has 0 aromatic carbocycles. The van der Waals surface area contributed by atoms with E-state index in [2.05, 4.69) is 0 Å². The van der Waals surface area contributed by atoms with Crippen molar-refractivity contribution in [2.24, 2.45) is 5.14 Å². The highest BCUT2D eigenvalue weighted by atomic mass is 32.2. The molecule has 1 aliphatic rings. The van der Waals surface area contributed by atoms with Crippen LogP contribution in [-0.2, 0) is 10.0 Å². The third-order valence-corrected chi connectivity index (χ3v) is 4.70. The van der Waals surface area contributed by atoms with Crippen molar-refractivity contribution in [3.63, 3.8) is 0 Å². The molecule has 1 aromatic heterocycles. The second-order valence-corrected chi connectivity index (χ2v) is 7.37. The van der Waals surface area contributed by atoms with Crippen LogP contribution < -0.4 is 5.14 Å². The minimum atomic E-state index is -3.80. The summed E-state index contributed by atoms with van der Waals surface area (Å²) in [6, 6.07) is 1.38. The SMILES string of the molecule is CC(C)n1cc(S(N)(=O)=O)cc1C(=O)N1CCCCCC1. The second-order valence-electron chi connectivity index (χ2n) is 5.81. The number of sulfonamides is 1. The van der Waals surface area contributed by atoms with Crippen LogP contribution in [0.4, 0.5) is 0 Å². The van der Waals surface area contributed by atoms with Crippen LogP contribution in [0.5, 0.6) is 0 Å². The molecule has 1 fully saturated rings. The highest BCUT2D eigenvalue weighted by Crippen LogP contribution is 2.21. The molecule has 1 aromatic rings. The summed E-state index contributed by atoms with van der Waals surface area (Å²) in [4.78, 5) is 14.5. The van der Waals surface area contributed by atoms with Crippen LogP contribution in [0.3, 0.4) is 0 Å². The van der Waals surface area contributed by atoms with Crippen LogP contribution in [0, 0.1) is 0 Å². The van der Waals surface area contributed by atoms with Gasteiger partial charge in [-0.15, -0.1) is 0 Å². The average Bonchev–Trinajstić information content (AvgIpc) is 2.68. The normalized spacial score (nSPS) is 17.0. The number of nitrogens with two attached hydrogens (primary N) is 1. The molecule has 2 rings (SSSR count). The molecule has 0 atom stereocenters. The predicted molar refractivity (Wildman–Crippen MR) is 80.6 cm³/mol. The van der Waals surface area contributed by atoms with Gasteiger partial charge in [0.15, 0.2) is 0 Å². The van der Waals surface area contributed by atoms with Gasteiger partial charge in [0.1, 0.15) is 10.6 Å². The summed E-state index contributed by atoms with van der Waals surface area (Å²) in [7, 11) is -3.80. The quantitative estimate of drug-likeness (QED) is 0.922. The van der Waals surface area contributed by atoms with Gasteiger partial charge in [-0.2, -0.15) is 0 Å². The smallest absolute Gasteiger partial charge is 0.270 e. The third-order valence-electron chi connectivity index (χ3n) is 3.82. The Balaban J connectivity index is 2.37. The molecule has 2 heterocycles. The number of hydrogen-bond donors (Lipinski definition) is 1. The Morgan fingerprint density at radius 1 is 1.19 bits per heavy atom. The fourth-order valence-electron chi connectivity index (χ4n) is 2.64. The number of nitrogens with zero attached hydrogens (tertiary/aromatic N) is 2. The van der Waals surface area contributed by atoms with Crippen molar-refractivity contribution in [1.82, 2.24) is 9.47 Å². The number of aromatic nitrogens is 1. The van der Waals surface area contributed by atoms with E-state index in [9.17, 15) is 13.2 Å². The van der Waals surface area contributed by atoms with E-state index in [0.29, 0.717) is 5.69 Å². The van der Waals surface area contributed by atoms with Gasteiger partial charge in [0.25, 0.3) is 5.91 Å². The lowest BCUT2D eigenvalue weighted by Crippen LogP contribution is -2.33. The second kappa shape index (κ2) is 6.19. The number of amides is 1. The topological polar surface area (TPSA) is 85.4 Å². The summed E-state index contributed by atoms with van der Waals surface area (Å²) in [6.07, 6.45) is 5.71. The Bertz CT molecular complexity index is 611. The summed E-state index contributed by atoms with van der Waals surface area (Å²) < 4.78 is 24.7. The van der Waals surface area contributed by atoms with Gasteiger partial charge in [0.2, 0.25) is 10.0 Å². The van der Waals surface area contributed by atoms with E-state index in [1.54, 1.807) is 4.57 Å². The van der Waals surface area contributed by atoms with Gasteiger partial charge in [0.05, 0.1) is 0 Å². The monoisotopic (exact) mass is 313 g/mol. The van der Waals surface area contributed by atoms with Crippen LogP contribution in [0.1, 0.15) is 56.1 Å².